The molecule has 0 bridgehead atoms. The van der Waals surface area contributed by atoms with Gasteiger partial charge in [0.25, 0.3) is 0 Å². The third-order valence-electron chi connectivity index (χ3n) is 1.93. The molecule has 14 heavy (non-hydrogen) atoms. The van der Waals surface area contributed by atoms with Crippen molar-refractivity contribution < 1.29 is 9.31 Å². The normalized spacial score (nSPS) is 9.64. The molecule has 0 aromatic heterocycles. The van der Waals surface area contributed by atoms with E-state index in [1.54, 1.807) is 17.8 Å². The van der Waals surface area contributed by atoms with Crippen molar-refractivity contribution in [1.29, 1.82) is 0 Å². The number of hydrogen-bond donors (Lipinski definition) is 0. The van der Waals surface area contributed by atoms with Crippen molar-refractivity contribution >= 4 is 34.4 Å². The highest BCUT2D eigenvalue weighted by Gasteiger charge is 2.13. The Morgan fingerprint density at radius 1 is 1.50 bits per heavy atom. The number of nitrogens with zero attached hydrogens (tertiary/aromatic N) is 1. The Morgan fingerprint density at radius 2 is 2.14 bits per heavy atom. The second kappa shape index (κ2) is 4.42. The van der Waals surface area contributed by atoms with E-state index < -0.39 is 0 Å². The van der Waals surface area contributed by atoms with E-state index >= 15 is 0 Å². The maximum atomic E-state index is 5.17. The second-order valence-corrected chi connectivity index (χ2v) is 3.80. The van der Waals surface area contributed by atoms with Crippen molar-refractivity contribution in [2.45, 2.75) is 0 Å². The van der Waals surface area contributed by atoms with E-state index in [0.29, 0.717) is 0 Å². The van der Waals surface area contributed by atoms with Crippen LogP contribution in [0.2, 0.25) is 0 Å². The average Bonchev–Trinajstić information content (AvgIpc) is 2.16. The van der Waals surface area contributed by atoms with Crippen LogP contribution in [0.25, 0.3) is 6.08 Å². The van der Waals surface area contributed by atoms with Gasteiger partial charge in [0.05, 0.1) is 18.7 Å². The highest BCUT2D eigenvalue weighted by Crippen LogP contribution is 2.32. The van der Waals surface area contributed by atoms with Gasteiger partial charge in [-0.3, -0.25) is 0 Å². The molecule has 3 heteroatoms. The fourth-order valence-electron chi connectivity index (χ4n) is 1.21. The van der Waals surface area contributed by atoms with Crippen LogP contribution in [-0.2, 0) is 0 Å². The minimum atomic E-state index is 0.799. The molecule has 0 atom stereocenters. The van der Waals surface area contributed by atoms with Crippen LogP contribution in [0.5, 0.6) is 5.75 Å². The summed E-state index contributed by atoms with van der Waals surface area (Å²) in [6, 6.07) is 3.83. The lowest BCUT2D eigenvalue weighted by Gasteiger charge is -2.06. The zero-order valence-corrected chi connectivity index (χ0v) is 9.97. The molecule has 0 unspecified atom stereocenters. The largest absolute Gasteiger partial charge is 0.496 e. The van der Waals surface area contributed by atoms with Gasteiger partial charge in [0, 0.05) is 4.47 Å². The smallest absolute Gasteiger partial charge is 0.216 e. The standard InChI is InChI=1S/C11H13BrNO/c1-5-9-10(12)6-8(14-4)7-11(9)13(2)3/h5-7H,1-2H2,3-4H3/q+1. The van der Waals surface area contributed by atoms with E-state index in [2.05, 4.69) is 29.2 Å². The summed E-state index contributed by atoms with van der Waals surface area (Å²) in [5, 5.41) is 0. The zero-order chi connectivity index (χ0) is 10.7. The molecule has 0 spiro atoms. The Kier molecular flexibility index (Phi) is 3.47. The van der Waals surface area contributed by atoms with Crippen molar-refractivity contribution in [3.63, 3.8) is 0 Å². The Morgan fingerprint density at radius 3 is 2.57 bits per heavy atom. The minimum Gasteiger partial charge on any atom is -0.496 e. The van der Waals surface area contributed by atoms with Gasteiger partial charge in [-0.1, -0.05) is 12.7 Å². The molecule has 1 aromatic rings. The summed E-state index contributed by atoms with van der Waals surface area (Å²) >= 11 is 3.46. The molecule has 0 saturated carbocycles. The van der Waals surface area contributed by atoms with Crippen LogP contribution in [-0.4, -0.2) is 25.5 Å². The van der Waals surface area contributed by atoms with Gasteiger partial charge in [0.2, 0.25) is 5.69 Å². The van der Waals surface area contributed by atoms with E-state index in [-0.39, 0.29) is 0 Å². The zero-order valence-electron chi connectivity index (χ0n) is 8.38. The molecule has 0 aliphatic carbocycles. The Labute approximate surface area is 92.7 Å². The van der Waals surface area contributed by atoms with Crippen LogP contribution >= 0.6 is 15.9 Å². The van der Waals surface area contributed by atoms with Crippen LogP contribution < -0.4 is 4.74 Å². The minimum absolute atomic E-state index is 0.799. The van der Waals surface area contributed by atoms with Crippen LogP contribution in [0.15, 0.2) is 23.2 Å². The van der Waals surface area contributed by atoms with E-state index in [4.69, 9.17) is 4.74 Å². The van der Waals surface area contributed by atoms with Crippen LogP contribution in [0.4, 0.5) is 5.69 Å². The number of ether oxygens (including phenoxy) is 1. The molecule has 1 aromatic carbocycles. The molecular weight excluding hydrogens is 242 g/mol. The van der Waals surface area contributed by atoms with Crippen molar-refractivity contribution in [1.82, 2.24) is 0 Å². The Balaban J connectivity index is 3.43. The first-order chi connectivity index (χ1) is 6.60. The Bertz CT molecular complexity index is 385. The average molecular weight is 255 g/mol. The fourth-order valence-corrected chi connectivity index (χ4v) is 1.81. The summed E-state index contributed by atoms with van der Waals surface area (Å²) in [7, 11) is 3.52. The van der Waals surface area contributed by atoms with Crippen molar-refractivity contribution in [3.05, 3.63) is 28.7 Å². The molecule has 2 nitrogen and oxygen atoms in total. The third kappa shape index (κ3) is 2.04. The van der Waals surface area contributed by atoms with Gasteiger partial charge < -0.3 is 4.74 Å². The molecule has 0 saturated heterocycles. The Hall–Kier alpha value is -1.09. The number of benzene rings is 1. The molecule has 0 heterocycles. The van der Waals surface area contributed by atoms with E-state index in [1.165, 1.54) is 0 Å². The SMILES string of the molecule is C=Cc1c(Br)cc(OC)cc1[N+](=C)C. The summed E-state index contributed by atoms with van der Waals surface area (Å²) in [4.78, 5) is 0. The monoisotopic (exact) mass is 254 g/mol. The van der Waals surface area contributed by atoms with Crippen LogP contribution in [0.3, 0.4) is 0 Å². The summed E-state index contributed by atoms with van der Waals surface area (Å²) < 4.78 is 7.90. The fraction of sp³-hybridized carbons (Fsp3) is 0.182. The molecule has 0 radical (unpaired) electrons. The van der Waals surface area contributed by atoms with Gasteiger partial charge in [-0.05, 0) is 22.0 Å². The van der Waals surface area contributed by atoms with Crippen LogP contribution in [0.1, 0.15) is 5.56 Å². The number of halogens is 1. The molecule has 0 N–H and O–H groups in total. The first kappa shape index (κ1) is 11.0. The predicted octanol–water partition coefficient (Wildman–Crippen LogP) is 3.08. The molecular formula is C11H13BrNO+. The number of rotatable bonds is 3. The van der Waals surface area contributed by atoms with E-state index in [9.17, 15) is 0 Å². The second-order valence-electron chi connectivity index (χ2n) is 2.94. The van der Waals surface area contributed by atoms with Gasteiger partial charge in [-0.15, -0.1) is 0 Å². The highest BCUT2D eigenvalue weighted by molar-refractivity contribution is 9.10. The lowest BCUT2D eigenvalue weighted by atomic mass is 10.1. The van der Waals surface area contributed by atoms with E-state index in [0.717, 1.165) is 21.5 Å². The summed E-state index contributed by atoms with van der Waals surface area (Å²) in [5.41, 5.74) is 1.99. The first-order valence-corrected chi connectivity index (χ1v) is 4.93. The maximum Gasteiger partial charge on any atom is 0.216 e. The van der Waals surface area contributed by atoms with Gasteiger partial charge in [-0.2, -0.15) is 0 Å². The molecule has 1 rings (SSSR count). The third-order valence-corrected chi connectivity index (χ3v) is 2.59. The van der Waals surface area contributed by atoms with Crippen molar-refractivity contribution in [2.75, 3.05) is 14.2 Å². The molecule has 0 aliphatic heterocycles. The van der Waals surface area contributed by atoms with Gasteiger partial charge in [-0.25, -0.2) is 4.58 Å². The highest BCUT2D eigenvalue weighted by atomic mass is 79.9. The number of hydrogen-bond acceptors (Lipinski definition) is 1. The lowest BCUT2D eigenvalue weighted by molar-refractivity contribution is -0.395. The molecule has 0 aliphatic rings. The molecule has 0 amide bonds. The molecule has 74 valence electrons. The summed E-state index contributed by atoms with van der Waals surface area (Å²) in [5.74, 6) is 0.799. The van der Waals surface area contributed by atoms with Crippen LogP contribution in [0, 0.1) is 0 Å². The maximum absolute atomic E-state index is 5.17. The molecule has 0 fully saturated rings. The first-order valence-electron chi connectivity index (χ1n) is 4.14. The quantitative estimate of drug-likeness (QED) is 0.597. The summed E-state index contributed by atoms with van der Waals surface area (Å²) in [6.07, 6.45) is 1.79. The lowest BCUT2D eigenvalue weighted by Crippen LogP contribution is -1.97. The van der Waals surface area contributed by atoms with Crippen molar-refractivity contribution in [2.24, 2.45) is 0 Å². The topological polar surface area (TPSA) is 12.2 Å². The number of methoxy groups -OCH3 is 1. The van der Waals surface area contributed by atoms with Gasteiger partial charge in [0.15, 0.2) is 0 Å². The predicted molar refractivity (Wildman–Crippen MR) is 63.8 cm³/mol. The van der Waals surface area contributed by atoms with Gasteiger partial charge >= 0.3 is 0 Å². The van der Waals surface area contributed by atoms with Crippen molar-refractivity contribution in [3.8, 4) is 5.75 Å². The van der Waals surface area contributed by atoms with Gasteiger partial charge in [0.1, 0.15) is 19.5 Å². The summed E-state index contributed by atoms with van der Waals surface area (Å²) in [6.45, 7) is 7.61. The van der Waals surface area contributed by atoms with E-state index in [1.807, 2.05) is 19.2 Å².